The second-order valence-corrected chi connectivity index (χ2v) is 20.8. The third-order valence-corrected chi connectivity index (χ3v) is 15.1. The lowest BCUT2D eigenvalue weighted by molar-refractivity contribution is -0.462. The van der Waals surface area contributed by atoms with Crippen LogP contribution >= 0.6 is 11.8 Å². The lowest BCUT2D eigenvalue weighted by atomic mass is 9.76. The van der Waals surface area contributed by atoms with E-state index < -0.39 is 48.3 Å². The quantitative estimate of drug-likeness (QED) is 0.00634. The number of carbonyl (C=O) groups is 6. The molecule has 2 aromatic carbocycles. The van der Waals surface area contributed by atoms with Gasteiger partial charge in [-0.15, -0.1) is 0 Å². The van der Waals surface area contributed by atoms with Gasteiger partial charge in [0.25, 0.3) is 11.8 Å². The van der Waals surface area contributed by atoms with Crippen molar-refractivity contribution in [3.63, 3.8) is 0 Å². The number of carbonyl (C=O) groups excluding carboxylic acids is 5. The largest absolute Gasteiger partial charge is 0.482 e. The topological polar surface area (TPSA) is 304 Å². The first-order valence-electron chi connectivity index (χ1n) is 26.3. The molecule has 4 aliphatic rings. The Bertz CT molecular complexity index is 2550. The molecule has 3 aliphatic heterocycles. The third kappa shape index (κ3) is 17.7. The number of hydrogen-bond donors (Lipinski definition) is 7. The van der Waals surface area contributed by atoms with E-state index in [4.69, 9.17) is 30.3 Å². The van der Waals surface area contributed by atoms with E-state index in [9.17, 15) is 33.9 Å². The molecule has 0 radical (unpaired) electrons. The summed E-state index contributed by atoms with van der Waals surface area (Å²) in [4.78, 5) is 82.2. The number of nitrogens with two attached hydrogens (primary N) is 1. The Morgan fingerprint density at radius 2 is 1.70 bits per heavy atom. The van der Waals surface area contributed by atoms with Crippen LogP contribution in [0.2, 0.25) is 0 Å². The van der Waals surface area contributed by atoms with Gasteiger partial charge in [0, 0.05) is 104 Å². The minimum Gasteiger partial charge on any atom is -0.482 e. The van der Waals surface area contributed by atoms with Crippen LogP contribution in [0.3, 0.4) is 0 Å². The first-order valence-corrected chi connectivity index (χ1v) is 27.3. The highest BCUT2D eigenvalue weighted by Gasteiger charge is 2.43. The Balaban J connectivity index is 0.901. The molecule has 2 unspecified atom stereocenters. The van der Waals surface area contributed by atoms with E-state index in [1.807, 2.05) is 85.9 Å². The zero-order valence-electron chi connectivity index (χ0n) is 44.5. The highest BCUT2D eigenvalue weighted by molar-refractivity contribution is 8.00. The normalized spacial score (nSPS) is 19.2. The molecule has 1 aliphatic carbocycles. The summed E-state index contributed by atoms with van der Waals surface area (Å²) in [5.41, 5.74) is 12.5. The number of urea groups is 1. The number of thioether (sulfide) groups is 1. The summed E-state index contributed by atoms with van der Waals surface area (Å²) < 4.78 is 25.2. The number of allylic oxidation sites excluding steroid dienone is 2. The smallest absolute Gasteiger partial charge is 0.335 e. The molecular formula is C53H75N12O11S+. The monoisotopic (exact) mass is 1090 g/mol. The lowest BCUT2D eigenvalue weighted by Crippen LogP contribution is -2.50. The van der Waals surface area contributed by atoms with Crippen molar-refractivity contribution in [3.05, 3.63) is 92.9 Å². The highest BCUT2D eigenvalue weighted by Crippen LogP contribution is 2.47. The summed E-state index contributed by atoms with van der Waals surface area (Å²) in [5, 5.41) is 29.8. The van der Waals surface area contributed by atoms with Gasteiger partial charge in [-0.3, -0.25) is 24.2 Å². The number of carboxylic acid groups (broad SMARTS) is 1. The number of nitrogens with zero attached hydrogens (tertiary/aromatic N) is 6. The Morgan fingerprint density at radius 1 is 0.948 bits per heavy atom. The van der Waals surface area contributed by atoms with Crippen LogP contribution in [-0.4, -0.2) is 185 Å². The van der Waals surface area contributed by atoms with Gasteiger partial charge in [0.15, 0.2) is 5.71 Å². The number of ether oxygens (including phenoxy) is 4. The molecule has 23 nitrogen and oxygen atoms in total. The number of benzene rings is 2. The molecule has 6 amide bonds. The molecular weight excluding hydrogens is 1010 g/mol. The summed E-state index contributed by atoms with van der Waals surface area (Å²) in [6.07, 6.45) is 10.6. The molecule has 2 aromatic rings. The average Bonchev–Trinajstić information content (AvgIpc) is 4.02. The van der Waals surface area contributed by atoms with Gasteiger partial charge in [0.2, 0.25) is 11.8 Å². The predicted octanol–water partition coefficient (Wildman–Crippen LogP) is 3.62. The van der Waals surface area contributed by atoms with E-state index in [-0.39, 0.29) is 54.7 Å². The molecule has 6 atom stereocenters. The Labute approximate surface area is 453 Å². The second kappa shape index (κ2) is 30.3. The molecule has 6 rings (SSSR count). The number of aromatic carboxylic acids is 1. The van der Waals surface area contributed by atoms with Crippen molar-refractivity contribution in [1.29, 1.82) is 0 Å². The maximum atomic E-state index is 14.2. The van der Waals surface area contributed by atoms with Gasteiger partial charge < -0.3 is 55.5 Å². The van der Waals surface area contributed by atoms with E-state index in [0.29, 0.717) is 94.9 Å². The first-order chi connectivity index (χ1) is 37.1. The predicted molar refractivity (Wildman–Crippen MR) is 291 cm³/mol. The maximum absolute atomic E-state index is 14.2. The van der Waals surface area contributed by atoms with Crippen molar-refractivity contribution in [2.75, 3.05) is 105 Å². The van der Waals surface area contributed by atoms with Crippen molar-refractivity contribution in [2.45, 2.75) is 93.2 Å². The van der Waals surface area contributed by atoms with Crippen LogP contribution in [0.15, 0.2) is 65.3 Å². The summed E-state index contributed by atoms with van der Waals surface area (Å²) >= 11 is 1.88. The molecule has 0 bridgehead atoms. The van der Waals surface area contributed by atoms with Crippen LogP contribution in [-0.2, 0) is 28.6 Å². The molecule has 24 heteroatoms. The number of rotatable bonds is 32. The van der Waals surface area contributed by atoms with Crippen molar-refractivity contribution >= 4 is 58.8 Å². The minimum atomic E-state index is -1.18. The van der Waals surface area contributed by atoms with E-state index in [2.05, 4.69) is 36.6 Å². The highest BCUT2D eigenvalue weighted by atomic mass is 32.2. The van der Waals surface area contributed by atoms with Gasteiger partial charge in [-0.2, -0.15) is 11.8 Å². The SMILES string of the molecule is CN(C)c1ccc2c(c1)C(c1cc(C(=O)N[C@@H](CCCCN=[N+]=[N-])C(=O)NCC(=O)N(N)CCCOCCOCCOCCCNC(=O)CCCC[C@@H]3SC[C@@H]4NC(=O)N[C@@H]43)ccc1C(=O)O)C1=CC(=[N+](C)C)C=CC1O2. The van der Waals surface area contributed by atoms with Crippen molar-refractivity contribution in [1.82, 2.24) is 31.6 Å². The van der Waals surface area contributed by atoms with Crippen LogP contribution < -0.4 is 42.1 Å². The molecule has 3 heterocycles. The summed E-state index contributed by atoms with van der Waals surface area (Å²) in [7, 11) is 7.63. The first kappa shape index (κ1) is 59.6. The zero-order valence-corrected chi connectivity index (χ0v) is 45.3. The van der Waals surface area contributed by atoms with Gasteiger partial charge in [-0.25, -0.2) is 20.0 Å². The minimum absolute atomic E-state index is 0.00483. The number of fused-ring (bicyclic) bond motifs is 3. The fourth-order valence-electron chi connectivity index (χ4n) is 9.42. The molecule has 0 aromatic heterocycles. The van der Waals surface area contributed by atoms with E-state index in [0.717, 1.165) is 52.6 Å². The lowest BCUT2D eigenvalue weighted by Gasteiger charge is -2.36. The Kier molecular flexibility index (Phi) is 23.4. The van der Waals surface area contributed by atoms with E-state index >= 15 is 0 Å². The summed E-state index contributed by atoms with van der Waals surface area (Å²) in [6, 6.07) is 9.29. The van der Waals surface area contributed by atoms with Crippen molar-refractivity contribution in [3.8, 4) is 5.75 Å². The number of nitrogens with one attached hydrogen (secondary N) is 5. The number of unbranched alkanes of at least 4 members (excludes halogenated alkanes) is 2. The fraction of sp³-hybridized carbons (Fsp3) is 0.566. The van der Waals surface area contributed by atoms with Crippen LogP contribution in [0.25, 0.3) is 10.4 Å². The van der Waals surface area contributed by atoms with Gasteiger partial charge in [-0.1, -0.05) is 18.0 Å². The Hall–Kier alpha value is -6.69. The van der Waals surface area contributed by atoms with Crippen LogP contribution in [0, 0.1) is 0 Å². The maximum Gasteiger partial charge on any atom is 0.335 e. The number of anilines is 1. The van der Waals surface area contributed by atoms with Gasteiger partial charge in [0.05, 0.1) is 50.6 Å². The number of azide groups is 1. The second-order valence-electron chi connectivity index (χ2n) is 19.6. The molecule has 0 spiro atoms. The van der Waals surface area contributed by atoms with Crippen molar-refractivity contribution in [2.24, 2.45) is 11.0 Å². The van der Waals surface area contributed by atoms with Crippen molar-refractivity contribution < 1.29 is 57.4 Å². The molecule has 77 heavy (non-hydrogen) atoms. The summed E-state index contributed by atoms with van der Waals surface area (Å²) in [5.74, 6) is 3.92. The number of hydrazine groups is 1. The molecule has 418 valence electrons. The van der Waals surface area contributed by atoms with Gasteiger partial charge in [-0.05, 0) is 97.7 Å². The van der Waals surface area contributed by atoms with Crippen LogP contribution in [0.5, 0.6) is 5.75 Å². The molecule has 0 saturated carbocycles. The number of hydrogen-bond acceptors (Lipinski definition) is 14. The standard InChI is InChI=1S/C53H74N12O11S/c1-63(2)35-15-18-43-39(30-35)48(40-31-36(64(3)4)16-19-44(40)76-43)38-29-34(14-17-37(38)52(70)71)50(68)59-41(11-7-8-21-58-62-54)51(69)57-32-47(67)65(55)22-10-24-74-26-28-75-27-25-73-23-9-20-56-46(66)13-6-5-12-45-49-42(33-77-45)60-53(72)61-49/h14-19,29-31,41-43,45,48-49H,5-13,20-28,32-33,55H2,1-4H3,(H5-,56,57,59,60,61,66,68,69,70,71,72)/p+1/t41-,42-,43?,45-,48?,49-/m0/s1. The van der Waals surface area contributed by atoms with E-state index in [1.54, 1.807) is 6.07 Å². The third-order valence-electron chi connectivity index (χ3n) is 13.6. The van der Waals surface area contributed by atoms with Gasteiger partial charge in [0.1, 0.15) is 32.0 Å². The Morgan fingerprint density at radius 3 is 2.43 bits per heavy atom. The van der Waals surface area contributed by atoms with Crippen LogP contribution in [0.4, 0.5) is 10.5 Å². The molecule has 2 fully saturated rings. The summed E-state index contributed by atoms with van der Waals surface area (Å²) in [6.45, 7) is 2.67. The fourth-order valence-corrected chi connectivity index (χ4v) is 11.0. The van der Waals surface area contributed by atoms with Crippen LogP contribution in [0.1, 0.15) is 95.5 Å². The average molecular weight is 1090 g/mol. The molecule has 2 saturated heterocycles. The number of carboxylic acids is 1. The zero-order chi connectivity index (χ0) is 55.3. The van der Waals surface area contributed by atoms with Gasteiger partial charge >= 0.3 is 12.0 Å². The number of amides is 6. The van der Waals surface area contributed by atoms with E-state index in [1.165, 1.54) is 12.1 Å². The molecule has 8 N–H and O–H groups in total.